The number of benzene rings is 1. The Balaban J connectivity index is 1.76. The van der Waals surface area contributed by atoms with E-state index in [0.717, 1.165) is 15.4 Å². The predicted molar refractivity (Wildman–Crippen MR) is 91.3 cm³/mol. The van der Waals surface area contributed by atoms with Crippen molar-refractivity contribution in [2.24, 2.45) is 5.41 Å². The first kappa shape index (κ1) is 16.1. The average Bonchev–Trinajstić information content (AvgIpc) is 2.95. The van der Waals surface area contributed by atoms with Crippen LogP contribution in [0.5, 0.6) is 0 Å². The normalized spacial score (nSPS) is 17.4. The minimum atomic E-state index is 0.676. The SMILES string of the molecule is ClCCCCCCC1(C[Si]c2ccccc2)CCCC1. The Labute approximate surface area is 132 Å². The van der Waals surface area contributed by atoms with Gasteiger partial charge in [-0.3, -0.25) is 0 Å². The predicted octanol–water partition coefficient (Wildman–Crippen LogP) is 5.18. The molecule has 0 N–H and O–H groups in total. The molecule has 0 heterocycles. The van der Waals surface area contributed by atoms with Crippen molar-refractivity contribution in [3.8, 4) is 0 Å². The largest absolute Gasteiger partial charge is 0.127 e. The van der Waals surface area contributed by atoms with Gasteiger partial charge in [0.25, 0.3) is 0 Å². The number of hydrogen-bond acceptors (Lipinski definition) is 0. The second kappa shape index (κ2) is 8.89. The molecule has 0 nitrogen and oxygen atoms in total. The number of alkyl halides is 1. The first-order valence-electron chi connectivity index (χ1n) is 8.20. The maximum Gasteiger partial charge on any atom is 0.0813 e. The smallest absolute Gasteiger partial charge is 0.0813 e. The quantitative estimate of drug-likeness (QED) is 0.335. The van der Waals surface area contributed by atoms with Crippen molar-refractivity contribution in [3.63, 3.8) is 0 Å². The van der Waals surface area contributed by atoms with Crippen LogP contribution in [-0.4, -0.2) is 15.4 Å². The van der Waals surface area contributed by atoms with E-state index in [1.54, 1.807) is 5.19 Å². The highest BCUT2D eigenvalue weighted by Gasteiger charge is 2.32. The maximum absolute atomic E-state index is 5.75. The van der Waals surface area contributed by atoms with Crippen LogP contribution in [-0.2, 0) is 0 Å². The van der Waals surface area contributed by atoms with Gasteiger partial charge in [-0.1, -0.05) is 73.7 Å². The van der Waals surface area contributed by atoms with E-state index in [-0.39, 0.29) is 0 Å². The highest BCUT2D eigenvalue weighted by molar-refractivity contribution is 6.53. The summed E-state index contributed by atoms with van der Waals surface area (Å²) in [5, 5.41) is 1.54. The molecule has 0 unspecified atom stereocenters. The third kappa shape index (κ3) is 5.25. The van der Waals surface area contributed by atoms with Crippen LogP contribution < -0.4 is 5.19 Å². The van der Waals surface area contributed by atoms with Gasteiger partial charge in [0.05, 0.1) is 9.52 Å². The van der Waals surface area contributed by atoms with Gasteiger partial charge in [0.2, 0.25) is 0 Å². The fourth-order valence-electron chi connectivity index (χ4n) is 3.43. The summed E-state index contributed by atoms with van der Waals surface area (Å²) in [5.74, 6) is 0.834. The lowest BCUT2D eigenvalue weighted by Gasteiger charge is -2.29. The molecule has 0 aliphatic heterocycles. The summed E-state index contributed by atoms with van der Waals surface area (Å²) in [6.07, 6.45) is 12.6. The second-order valence-electron chi connectivity index (χ2n) is 6.28. The Morgan fingerprint density at radius 2 is 1.65 bits per heavy atom. The van der Waals surface area contributed by atoms with Crippen molar-refractivity contribution in [2.75, 3.05) is 5.88 Å². The van der Waals surface area contributed by atoms with Crippen LogP contribution in [0.1, 0.15) is 57.8 Å². The number of unbranched alkanes of at least 4 members (excludes halogenated alkanes) is 3. The van der Waals surface area contributed by atoms with E-state index in [1.165, 1.54) is 63.8 Å². The molecule has 0 saturated heterocycles. The molecule has 1 aromatic carbocycles. The monoisotopic (exact) mass is 306 g/mol. The molecule has 2 heteroatoms. The first-order valence-corrected chi connectivity index (χ1v) is 9.94. The second-order valence-corrected chi connectivity index (χ2v) is 7.94. The minimum Gasteiger partial charge on any atom is -0.127 e. The summed E-state index contributed by atoms with van der Waals surface area (Å²) >= 11 is 5.75. The van der Waals surface area contributed by atoms with E-state index in [2.05, 4.69) is 30.3 Å². The summed E-state index contributed by atoms with van der Waals surface area (Å²) < 4.78 is 0. The van der Waals surface area contributed by atoms with E-state index >= 15 is 0 Å². The highest BCUT2D eigenvalue weighted by atomic mass is 35.5. The van der Waals surface area contributed by atoms with Crippen molar-refractivity contribution in [2.45, 2.75) is 63.8 Å². The fourth-order valence-corrected chi connectivity index (χ4v) is 5.16. The molecule has 20 heavy (non-hydrogen) atoms. The van der Waals surface area contributed by atoms with Gasteiger partial charge in [-0.15, -0.1) is 11.6 Å². The lowest BCUT2D eigenvalue weighted by atomic mass is 9.83. The van der Waals surface area contributed by atoms with Gasteiger partial charge in [-0.05, 0) is 31.1 Å². The Morgan fingerprint density at radius 1 is 0.950 bits per heavy atom. The molecule has 1 aliphatic carbocycles. The molecule has 1 aliphatic rings. The van der Waals surface area contributed by atoms with Crippen molar-refractivity contribution in [3.05, 3.63) is 30.3 Å². The van der Waals surface area contributed by atoms with E-state index in [4.69, 9.17) is 11.6 Å². The molecule has 0 atom stereocenters. The molecule has 1 aromatic rings. The Morgan fingerprint density at radius 3 is 2.35 bits per heavy atom. The number of halogens is 1. The summed E-state index contributed by atoms with van der Waals surface area (Å²) in [4.78, 5) is 0. The molecule has 110 valence electrons. The van der Waals surface area contributed by atoms with E-state index in [1.807, 2.05) is 0 Å². The van der Waals surface area contributed by atoms with E-state index in [9.17, 15) is 0 Å². The summed E-state index contributed by atoms with van der Waals surface area (Å²) in [5.41, 5.74) is 0.676. The van der Waals surface area contributed by atoms with Gasteiger partial charge in [0, 0.05) is 5.88 Å². The number of rotatable bonds is 9. The van der Waals surface area contributed by atoms with Gasteiger partial charge in [-0.25, -0.2) is 0 Å². The molecule has 1 fully saturated rings. The van der Waals surface area contributed by atoms with Crippen LogP contribution in [0.15, 0.2) is 30.3 Å². The van der Waals surface area contributed by atoms with Crippen LogP contribution >= 0.6 is 11.6 Å². The van der Waals surface area contributed by atoms with Crippen LogP contribution in [0.2, 0.25) is 6.04 Å². The maximum atomic E-state index is 5.75. The average molecular weight is 307 g/mol. The van der Waals surface area contributed by atoms with Gasteiger partial charge in [-0.2, -0.15) is 0 Å². The van der Waals surface area contributed by atoms with Gasteiger partial charge >= 0.3 is 0 Å². The molecule has 1 saturated carbocycles. The van der Waals surface area contributed by atoms with Crippen LogP contribution in [0.3, 0.4) is 0 Å². The summed E-state index contributed by atoms with van der Waals surface area (Å²) in [6.45, 7) is 0. The molecule has 0 spiro atoms. The lowest BCUT2D eigenvalue weighted by Crippen LogP contribution is -2.24. The number of hydrogen-bond donors (Lipinski definition) is 0. The van der Waals surface area contributed by atoms with Crippen molar-refractivity contribution >= 4 is 26.3 Å². The molecular weight excluding hydrogens is 280 g/mol. The molecular formula is C18H27ClSi. The molecule has 0 aromatic heterocycles. The molecule has 2 radical (unpaired) electrons. The van der Waals surface area contributed by atoms with Crippen molar-refractivity contribution in [1.82, 2.24) is 0 Å². The van der Waals surface area contributed by atoms with Crippen LogP contribution in [0.25, 0.3) is 0 Å². The Kier molecular flexibility index (Phi) is 7.16. The van der Waals surface area contributed by atoms with Crippen LogP contribution in [0, 0.1) is 5.41 Å². The van der Waals surface area contributed by atoms with Crippen molar-refractivity contribution in [1.29, 1.82) is 0 Å². The van der Waals surface area contributed by atoms with E-state index < -0.39 is 0 Å². The third-order valence-corrected chi connectivity index (χ3v) is 6.63. The molecule has 0 bridgehead atoms. The van der Waals surface area contributed by atoms with Gasteiger partial charge in [0.1, 0.15) is 0 Å². The zero-order valence-corrected chi connectivity index (χ0v) is 14.3. The summed E-state index contributed by atoms with van der Waals surface area (Å²) in [6, 6.07) is 12.5. The van der Waals surface area contributed by atoms with Gasteiger partial charge in [0.15, 0.2) is 0 Å². The van der Waals surface area contributed by atoms with Gasteiger partial charge < -0.3 is 0 Å². The Bertz CT molecular complexity index is 357. The zero-order valence-electron chi connectivity index (χ0n) is 12.5. The Hall–Kier alpha value is -0.273. The zero-order chi connectivity index (χ0) is 14.1. The fraction of sp³-hybridized carbons (Fsp3) is 0.667. The molecule has 0 amide bonds. The lowest BCUT2D eigenvalue weighted by molar-refractivity contribution is 0.294. The highest BCUT2D eigenvalue weighted by Crippen LogP contribution is 2.45. The topological polar surface area (TPSA) is 0 Å². The molecule has 2 rings (SSSR count). The minimum absolute atomic E-state index is 0.676. The summed E-state index contributed by atoms with van der Waals surface area (Å²) in [7, 11) is 1.00. The van der Waals surface area contributed by atoms with Crippen LogP contribution in [0.4, 0.5) is 0 Å². The first-order chi connectivity index (χ1) is 9.85. The van der Waals surface area contributed by atoms with E-state index in [0.29, 0.717) is 5.41 Å². The standard InChI is InChI=1S/C18H27ClSi/c19-15-9-2-1-6-12-18(13-7-8-14-18)16-20-17-10-4-3-5-11-17/h3-5,10-11H,1-2,6-9,12-16H2. The van der Waals surface area contributed by atoms with Crippen molar-refractivity contribution < 1.29 is 0 Å². The third-order valence-electron chi connectivity index (χ3n) is 4.70.